The zero-order chi connectivity index (χ0) is 21.1. The third kappa shape index (κ3) is 4.00. The van der Waals surface area contributed by atoms with Crippen molar-refractivity contribution in [1.29, 1.82) is 0 Å². The molecule has 0 radical (unpaired) electrons. The monoisotopic (exact) mass is 412 g/mol. The maximum absolute atomic E-state index is 13.4. The van der Waals surface area contributed by atoms with Crippen molar-refractivity contribution < 1.29 is 23.0 Å². The Morgan fingerprint density at radius 1 is 1.20 bits per heavy atom. The molecular weight excluding hydrogens is 394 g/mol. The van der Waals surface area contributed by atoms with E-state index in [-0.39, 0.29) is 17.3 Å². The highest BCUT2D eigenvalue weighted by atomic mass is 19.2. The maximum Gasteiger partial charge on any atom is 0.259 e. The van der Waals surface area contributed by atoms with Gasteiger partial charge in [0.05, 0.1) is 25.3 Å². The van der Waals surface area contributed by atoms with E-state index in [2.05, 4.69) is 20.6 Å². The van der Waals surface area contributed by atoms with Crippen molar-refractivity contribution in [3.05, 3.63) is 71.4 Å². The van der Waals surface area contributed by atoms with Gasteiger partial charge in [0.15, 0.2) is 11.6 Å². The molecule has 1 unspecified atom stereocenters. The molecule has 2 N–H and O–H groups in total. The maximum atomic E-state index is 13.4. The van der Waals surface area contributed by atoms with Crippen molar-refractivity contribution in [3.8, 4) is 11.6 Å². The van der Waals surface area contributed by atoms with Crippen LogP contribution in [-0.2, 0) is 0 Å². The molecule has 3 aromatic rings. The number of fused-ring (bicyclic) bond motifs is 1. The molecule has 30 heavy (non-hydrogen) atoms. The fraction of sp³-hybridized carbons (Fsp3) is 0.190. The molecule has 1 aliphatic heterocycles. The van der Waals surface area contributed by atoms with Gasteiger partial charge in [0.25, 0.3) is 5.91 Å². The van der Waals surface area contributed by atoms with Crippen LogP contribution in [0.15, 0.2) is 48.7 Å². The second-order valence-electron chi connectivity index (χ2n) is 6.56. The second-order valence-corrected chi connectivity index (χ2v) is 6.56. The number of nitrogens with one attached hydrogen (secondary N) is 2. The summed E-state index contributed by atoms with van der Waals surface area (Å²) in [7, 11) is 1.52. The lowest BCUT2D eigenvalue weighted by atomic mass is 9.97. The van der Waals surface area contributed by atoms with Gasteiger partial charge in [-0.2, -0.15) is 4.98 Å². The van der Waals surface area contributed by atoms with E-state index in [9.17, 15) is 13.6 Å². The van der Waals surface area contributed by atoms with Crippen LogP contribution < -0.4 is 20.1 Å². The minimum Gasteiger partial charge on any atom is -0.492 e. The average molecular weight is 412 g/mol. The van der Waals surface area contributed by atoms with Crippen molar-refractivity contribution in [2.24, 2.45) is 0 Å². The molecule has 0 saturated heterocycles. The van der Waals surface area contributed by atoms with Gasteiger partial charge in [-0.3, -0.25) is 4.79 Å². The summed E-state index contributed by atoms with van der Waals surface area (Å²) in [6, 6.07) is 9.82. The van der Waals surface area contributed by atoms with Crippen molar-refractivity contribution in [2.75, 3.05) is 24.4 Å². The van der Waals surface area contributed by atoms with Crippen LogP contribution >= 0.6 is 0 Å². The number of halogens is 2. The number of benzene rings is 2. The third-order valence-corrected chi connectivity index (χ3v) is 4.64. The molecule has 0 spiro atoms. The highest BCUT2D eigenvalue weighted by Crippen LogP contribution is 2.37. The summed E-state index contributed by atoms with van der Waals surface area (Å²) in [6.07, 6.45) is 2.22. The number of anilines is 2. The predicted molar refractivity (Wildman–Crippen MR) is 106 cm³/mol. The van der Waals surface area contributed by atoms with Gasteiger partial charge in [-0.15, -0.1) is 0 Å². The van der Waals surface area contributed by atoms with Gasteiger partial charge in [0, 0.05) is 36.0 Å². The van der Waals surface area contributed by atoms with Crippen LogP contribution in [-0.4, -0.2) is 29.6 Å². The van der Waals surface area contributed by atoms with Crippen LogP contribution in [0.2, 0.25) is 0 Å². The van der Waals surface area contributed by atoms with E-state index >= 15 is 0 Å². The highest BCUT2D eigenvalue weighted by molar-refractivity contribution is 6.06. The SMILES string of the molecule is COc1ccnc(NC2CCOc3c(C(=O)Nc4ccc(F)c(F)c4)cccc32)n1. The highest BCUT2D eigenvalue weighted by Gasteiger charge is 2.26. The molecule has 1 aliphatic rings. The lowest BCUT2D eigenvalue weighted by molar-refractivity contribution is 0.102. The number of amides is 1. The molecular formula is C21H18F2N4O3. The van der Waals surface area contributed by atoms with E-state index in [4.69, 9.17) is 9.47 Å². The van der Waals surface area contributed by atoms with Crippen molar-refractivity contribution in [3.63, 3.8) is 0 Å². The third-order valence-electron chi connectivity index (χ3n) is 4.64. The molecule has 154 valence electrons. The summed E-state index contributed by atoms with van der Waals surface area (Å²) in [4.78, 5) is 21.2. The van der Waals surface area contributed by atoms with Gasteiger partial charge in [-0.05, 0) is 18.2 Å². The van der Waals surface area contributed by atoms with E-state index in [1.165, 1.54) is 13.2 Å². The van der Waals surface area contributed by atoms with E-state index in [0.717, 1.165) is 17.7 Å². The Bertz CT molecular complexity index is 1090. The van der Waals surface area contributed by atoms with Gasteiger partial charge in [0.1, 0.15) is 5.75 Å². The second kappa shape index (κ2) is 8.32. The molecule has 1 aromatic heterocycles. The fourth-order valence-corrected chi connectivity index (χ4v) is 3.21. The van der Waals surface area contributed by atoms with Crippen LogP contribution in [0.4, 0.5) is 20.4 Å². The number of methoxy groups -OCH3 is 1. The quantitative estimate of drug-likeness (QED) is 0.660. The van der Waals surface area contributed by atoms with Gasteiger partial charge < -0.3 is 20.1 Å². The molecule has 0 bridgehead atoms. The lowest BCUT2D eigenvalue weighted by Crippen LogP contribution is -2.24. The Morgan fingerprint density at radius 3 is 2.87 bits per heavy atom. The zero-order valence-electron chi connectivity index (χ0n) is 16.0. The van der Waals surface area contributed by atoms with Crippen molar-refractivity contribution in [2.45, 2.75) is 12.5 Å². The van der Waals surface area contributed by atoms with Crippen molar-refractivity contribution in [1.82, 2.24) is 9.97 Å². The summed E-state index contributed by atoms with van der Waals surface area (Å²) in [5.74, 6) is -1.27. The largest absolute Gasteiger partial charge is 0.492 e. The van der Waals surface area contributed by atoms with Crippen LogP contribution in [0.3, 0.4) is 0 Å². The summed E-state index contributed by atoms with van der Waals surface area (Å²) < 4.78 is 37.4. The molecule has 0 fully saturated rings. The number of hydrogen-bond donors (Lipinski definition) is 2. The summed E-state index contributed by atoms with van der Waals surface area (Å²) in [5.41, 5.74) is 1.20. The molecule has 7 nitrogen and oxygen atoms in total. The number of para-hydroxylation sites is 1. The predicted octanol–water partition coefficient (Wildman–Crippen LogP) is 3.95. The van der Waals surface area contributed by atoms with E-state index < -0.39 is 17.5 Å². The summed E-state index contributed by atoms with van der Waals surface area (Å²) in [6.45, 7) is 0.379. The van der Waals surface area contributed by atoms with Gasteiger partial charge in [0.2, 0.25) is 11.8 Å². The van der Waals surface area contributed by atoms with E-state index in [0.29, 0.717) is 30.6 Å². The number of rotatable bonds is 5. The average Bonchev–Trinajstić information content (AvgIpc) is 2.76. The number of carbonyl (C=O) groups excluding carboxylic acids is 1. The van der Waals surface area contributed by atoms with E-state index in [1.54, 1.807) is 24.4 Å². The molecule has 0 aliphatic carbocycles. The molecule has 2 aromatic carbocycles. The molecule has 4 rings (SSSR count). The standard InChI is InChI=1S/C21H18F2N4O3/c1-29-18-7-9-24-21(27-18)26-17-8-10-30-19-13(17)3-2-4-14(19)20(28)25-12-5-6-15(22)16(23)11-12/h2-7,9,11,17H,8,10H2,1H3,(H,25,28)(H,24,26,27). The first-order valence-electron chi connectivity index (χ1n) is 9.21. The smallest absolute Gasteiger partial charge is 0.259 e. The van der Waals surface area contributed by atoms with Crippen LogP contribution in [0.25, 0.3) is 0 Å². The number of carbonyl (C=O) groups is 1. The Morgan fingerprint density at radius 2 is 2.07 bits per heavy atom. The number of nitrogens with zero attached hydrogens (tertiary/aromatic N) is 2. The molecule has 2 heterocycles. The Balaban J connectivity index is 1.59. The lowest BCUT2D eigenvalue weighted by Gasteiger charge is -2.28. The molecule has 1 atom stereocenters. The molecule has 1 amide bonds. The van der Waals surface area contributed by atoms with Crippen LogP contribution in [0, 0.1) is 11.6 Å². The first kappa shape index (κ1) is 19.6. The van der Waals surface area contributed by atoms with Gasteiger partial charge in [-0.25, -0.2) is 13.8 Å². The van der Waals surface area contributed by atoms with E-state index in [1.807, 2.05) is 6.07 Å². The number of hydrogen-bond acceptors (Lipinski definition) is 6. The molecule has 0 saturated carbocycles. The first-order valence-corrected chi connectivity index (χ1v) is 9.21. The zero-order valence-corrected chi connectivity index (χ0v) is 16.0. The number of ether oxygens (including phenoxy) is 2. The minimum atomic E-state index is -1.04. The van der Waals surface area contributed by atoms with Gasteiger partial charge >= 0.3 is 0 Å². The Hall–Kier alpha value is -3.75. The summed E-state index contributed by atoms with van der Waals surface area (Å²) >= 11 is 0. The minimum absolute atomic E-state index is 0.145. The van der Waals surface area contributed by atoms with Crippen LogP contribution in [0.5, 0.6) is 11.6 Å². The Labute approximate surface area is 171 Å². The van der Waals surface area contributed by atoms with Gasteiger partial charge in [-0.1, -0.05) is 12.1 Å². The summed E-state index contributed by atoms with van der Waals surface area (Å²) in [5, 5.41) is 5.80. The normalized spacial score (nSPS) is 15.0. The molecule has 9 heteroatoms. The Kier molecular flexibility index (Phi) is 5.42. The fourth-order valence-electron chi connectivity index (χ4n) is 3.21. The van der Waals surface area contributed by atoms with Crippen molar-refractivity contribution >= 4 is 17.5 Å². The van der Waals surface area contributed by atoms with Crippen LogP contribution in [0.1, 0.15) is 28.4 Å². The first-order chi connectivity index (χ1) is 14.5. The number of aromatic nitrogens is 2. The topological polar surface area (TPSA) is 85.4 Å².